The summed E-state index contributed by atoms with van der Waals surface area (Å²) in [6.45, 7) is 1.87. The molecule has 1 aliphatic rings. The summed E-state index contributed by atoms with van der Waals surface area (Å²) in [6, 6.07) is 5.87. The van der Waals surface area contributed by atoms with E-state index in [1.165, 1.54) is 24.3 Å². The van der Waals surface area contributed by atoms with Crippen molar-refractivity contribution in [3.8, 4) is 0 Å². The van der Waals surface area contributed by atoms with Crippen molar-refractivity contribution < 1.29 is 18.3 Å². The molecular weight excluding hydrogens is 254 g/mol. The molecule has 98 valence electrons. The summed E-state index contributed by atoms with van der Waals surface area (Å²) in [6.07, 6.45) is 1.73. The molecule has 1 aliphatic carbocycles. The second kappa shape index (κ2) is 4.37. The van der Waals surface area contributed by atoms with Crippen molar-refractivity contribution in [2.75, 3.05) is 0 Å². The lowest BCUT2D eigenvalue weighted by atomic mass is 10.1. The zero-order chi connectivity index (χ0) is 13.4. The topological polar surface area (TPSA) is 83.5 Å². The summed E-state index contributed by atoms with van der Waals surface area (Å²) in [5, 5.41) is 8.74. The van der Waals surface area contributed by atoms with E-state index in [1.807, 2.05) is 6.92 Å². The van der Waals surface area contributed by atoms with Gasteiger partial charge in [0.05, 0.1) is 11.3 Å². The molecule has 0 heterocycles. The predicted octanol–water partition coefficient (Wildman–Crippen LogP) is 1.36. The first-order chi connectivity index (χ1) is 8.30. The van der Waals surface area contributed by atoms with Crippen molar-refractivity contribution in [1.82, 2.24) is 4.72 Å². The van der Waals surface area contributed by atoms with Gasteiger partial charge in [-0.05, 0) is 37.5 Å². The molecule has 1 fully saturated rings. The first kappa shape index (κ1) is 13.0. The molecule has 1 aromatic carbocycles. The molecule has 6 heteroatoms. The number of carbonyl (C=O) groups is 1. The third-order valence-electron chi connectivity index (χ3n) is 2.96. The lowest BCUT2D eigenvalue weighted by Gasteiger charge is -2.12. The summed E-state index contributed by atoms with van der Waals surface area (Å²) in [5.74, 6) is -1.14. The maximum atomic E-state index is 11.8. The van der Waals surface area contributed by atoms with Gasteiger partial charge in [0, 0.05) is 5.54 Å². The summed E-state index contributed by atoms with van der Waals surface area (Å²) < 4.78 is 26.3. The normalized spacial score (nSPS) is 17.4. The second-order valence-electron chi connectivity index (χ2n) is 4.92. The number of rotatable bonds is 5. The van der Waals surface area contributed by atoms with Crippen LogP contribution < -0.4 is 4.72 Å². The van der Waals surface area contributed by atoms with Gasteiger partial charge >= 0.3 is 5.97 Å². The van der Waals surface area contributed by atoms with E-state index >= 15 is 0 Å². The smallest absolute Gasteiger partial charge is 0.335 e. The Morgan fingerprint density at radius 1 is 1.33 bits per heavy atom. The summed E-state index contributed by atoms with van der Waals surface area (Å²) >= 11 is 0. The molecule has 0 unspecified atom stereocenters. The van der Waals surface area contributed by atoms with Crippen LogP contribution >= 0.6 is 0 Å². The molecule has 2 N–H and O–H groups in total. The fraction of sp³-hybridized carbons (Fsp3) is 0.417. The van der Waals surface area contributed by atoms with Crippen LogP contribution in [0, 0.1) is 0 Å². The zero-order valence-corrected chi connectivity index (χ0v) is 10.8. The molecule has 1 saturated carbocycles. The number of sulfonamides is 1. The van der Waals surface area contributed by atoms with E-state index in [1.54, 1.807) is 0 Å². The number of hydrogen-bond donors (Lipinski definition) is 2. The minimum absolute atomic E-state index is 0.123. The Morgan fingerprint density at radius 2 is 1.89 bits per heavy atom. The fourth-order valence-electron chi connectivity index (χ4n) is 1.66. The van der Waals surface area contributed by atoms with Gasteiger partial charge in [0.15, 0.2) is 0 Å². The zero-order valence-electron chi connectivity index (χ0n) is 10.0. The van der Waals surface area contributed by atoms with Gasteiger partial charge in [-0.3, -0.25) is 0 Å². The van der Waals surface area contributed by atoms with Crippen LogP contribution in [0.4, 0.5) is 0 Å². The van der Waals surface area contributed by atoms with E-state index < -0.39 is 16.0 Å². The minimum Gasteiger partial charge on any atom is -0.478 e. The minimum atomic E-state index is -3.36. The molecule has 0 radical (unpaired) electrons. The summed E-state index contributed by atoms with van der Waals surface area (Å²) in [5.41, 5.74) is 0.454. The first-order valence-electron chi connectivity index (χ1n) is 5.64. The molecular formula is C12H15NO4S. The van der Waals surface area contributed by atoms with Gasteiger partial charge < -0.3 is 5.11 Å². The Bertz CT molecular complexity index is 558. The molecule has 0 atom stereocenters. The maximum Gasteiger partial charge on any atom is 0.335 e. The highest BCUT2D eigenvalue weighted by atomic mass is 32.2. The highest BCUT2D eigenvalue weighted by Crippen LogP contribution is 2.35. The van der Waals surface area contributed by atoms with Crippen molar-refractivity contribution in [2.24, 2.45) is 0 Å². The van der Waals surface area contributed by atoms with Gasteiger partial charge in [0.2, 0.25) is 10.0 Å². The van der Waals surface area contributed by atoms with E-state index in [0.29, 0.717) is 5.56 Å². The molecule has 18 heavy (non-hydrogen) atoms. The number of hydrogen-bond acceptors (Lipinski definition) is 3. The van der Waals surface area contributed by atoms with Crippen molar-refractivity contribution in [1.29, 1.82) is 0 Å². The van der Waals surface area contributed by atoms with Gasteiger partial charge in [-0.25, -0.2) is 17.9 Å². The van der Waals surface area contributed by atoms with Gasteiger partial charge in [0.25, 0.3) is 0 Å². The van der Waals surface area contributed by atoms with Crippen LogP contribution in [0.5, 0.6) is 0 Å². The average Bonchev–Trinajstić information content (AvgIpc) is 2.94. The Kier molecular flexibility index (Phi) is 3.16. The number of nitrogens with one attached hydrogen (secondary N) is 1. The van der Waals surface area contributed by atoms with Crippen LogP contribution in [0.2, 0.25) is 0 Å². The third-order valence-corrected chi connectivity index (χ3v) is 4.48. The number of carboxylic acid groups (broad SMARTS) is 1. The first-order valence-corrected chi connectivity index (χ1v) is 7.29. The van der Waals surface area contributed by atoms with Crippen LogP contribution in [0.25, 0.3) is 0 Å². The molecule has 0 aliphatic heterocycles. The lowest BCUT2D eigenvalue weighted by Crippen LogP contribution is -2.35. The maximum absolute atomic E-state index is 11.8. The Hall–Kier alpha value is -1.40. The van der Waals surface area contributed by atoms with Crippen molar-refractivity contribution in [2.45, 2.75) is 31.1 Å². The van der Waals surface area contributed by atoms with Crippen LogP contribution in [-0.4, -0.2) is 25.0 Å². The molecule has 2 rings (SSSR count). The van der Waals surface area contributed by atoms with Crippen LogP contribution in [0.15, 0.2) is 24.3 Å². The standard InChI is InChI=1S/C12H15NO4S/c1-12(6-7-12)13-18(16,17)8-9-2-4-10(5-3-9)11(14)15/h2-5,13H,6-8H2,1H3,(H,14,15). The van der Waals surface area contributed by atoms with E-state index in [0.717, 1.165) is 12.8 Å². The van der Waals surface area contributed by atoms with Crippen LogP contribution in [0.1, 0.15) is 35.7 Å². The fourth-order valence-corrected chi connectivity index (χ4v) is 3.32. The average molecular weight is 269 g/mol. The van der Waals surface area contributed by atoms with Crippen molar-refractivity contribution in [3.63, 3.8) is 0 Å². The monoisotopic (exact) mass is 269 g/mol. The van der Waals surface area contributed by atoms with Gasteiger partial charge in [-0.15, -0.1) is 0 Å². The third kappa shape index (κ3) is 3.30. The SMILES string of the molecule is CC1(NS(=O)(=O)Cc2ccc(C(=O)O)cc2)CC1. The Balaban J connectivity index is 2.06. The van der Waals surface area contributed by atoms with Crippen LogP contribution in [0.3, 0.4) is 0 Å². The number of benzene rings is 1. The Morgan fingerprint density at radius 3 is 2.33 bits per heavy atom. The summed E-state index contributed by atoms with van der Waals surface area (Å²) in [7, 11) is -3.36. The van der Waals surface area contributed by atoms with Gasteiger partial charge in [-0.1, -0.05) is 12.1 Å². The molecule has 5 nitrogen and oxygen atoms in total. The largest absolute Gasteiger partial charge is 0.478 e. The summed E-state index contributed by atoms with van der Waals surface area (Å²) in [4.78, 5) is 10.7. The van der Waals surface area contributed by atoms with E-state index in [9.17, 15) is 13.2 Å². The highest BCUT2D eigenvalue weighted by Gasteiger charge is 2.40. The lowest BCUT2D eigenvalue weighted by molar-refractivity contribution is 0.0697. The van der Waals surface area contributed by atoms with Crippen molar-refractivity contribution >= 4 is 16.0 Å². The van der Waals surface area contributed by atoms with E-state index in [2.05, 4.69) is 4.72 Å². The Labute approximate surface area is 106 Å². The predicted molar refractivity (Wildman–Crippen MR) is 66.8 cm³/mol. The van der Waals surface area contributed by atoms with E-state index in [4.69, 9.17) is 5.11 Å². The molecule has 0 amide bonds. The van der Waals surface area contributed by atoms with Crippen molar-refractivity contribution in [3.05, 3.63) is 35.4 Å². The quantitative estimate of drug-likeness (QED) is 0.845. The number of carboxylic acids is 1. The van der Waals surface area contributed by atoms with Gasteiger partial charge in [0.1, 0.15) is 0 Å². The van der Waals surface area contributed by atoms with Gasteiger partial charge in [-0.2, -0.15) is 0 Å². The highest BCUT2D eigenvalue weighted by molar-refractivity contribution is 7.88. The van der Waals surface area contributed by atoms with E-state index in [-0.39, 0.29) is 16.9 Å². The molecule has 0 aromatic heterocycles. The molecule has 0 bridgehead atoms. The number of aromatic carboxylic acids is 1. The van der Waals surface area contributed by atoms with Crippen LogP contribution in [-0.2, 0) is 15.8 Å². The molecule has 0 saturated heterocycles. The molecule has 0 spiro atoms. The molecule has 1 aromatic rings. The second-order valence-corrected chi connectivity index (χ2v) is 6.65.